The van der Waals surface area contributed by atoms with E-state index in [1.807, 2.05) is 18.2 Å². The molecule has 1 aliphatic carbocycles. The summed E-state index contributed by atoms with van der Waals surface area (Å²) >= 11 is 0. The van der Waals surface area contributed by atoms with Crippen LogP contribution in [0.5, 0.6) is 0 Å². The number of carbonyl (C=O) groups is 1. The van der Waals surface area contributed by atoms with Gasteiger partial charge in [0, 0.05) is 0 Å². The van der Waals surface area contributed by atoms with Crippen molar-refractivity contribution >= 4 is 5.91 Å². The second-order valence-corrected chi connectivity index (χ2v) is 7.84. The molecule has 2 fully saturated rings. The molecule has 0 unspecified atom stereocenters. The average molecular weight is 360 g/mol. The van der Waals surface area contributed by atoms with Crippen molar-refractivity contribution in [1.29, 1.82) is 0 Å². The van der Waals surface area contributed by atoms with Crippen molar-refractivity contribution in [1.82, 2.24) is 10.6 Å². The van der Waals surface area contributed by atoms with Gasteiger partial charge in [-0.1, -0.05) is 62.4 Å². The molecule has 4 atom stereocenters. The molecule has 1 saturated heterocycles. The van der Waals surface area contributed by atoms with Gasteiger partial charge in [0.2, 0.25) is 5.91 Å². The molecule has 1 aliphatic heterocycles. The second kappa shape index (κ2) is 9.49. The van der Waals surface area contributed by atoms with Gasteiger partial charge in [0.15, 0.2) is 0 Å². The van der Waals surface area contributed by atoms with E-state index in [4.69, 9.17) is 0 Å². The summed E-state index contributed by atoms with van der Waals surface area (Å²) in [6, 6.07) is 8.24. The summed E-state index contributed by atoms with van der Waals surface area (Å²) in [5.41, 5.74) is 0.698. The monoisotopic (exact) mass is 360 g/mol. The first-order chi connectivity index (χ1) is 12.7. The van der Waals surface area contributed by atoms with Gasteiger partial charge in [0.1, 0.15) is 6.10 Å². The van der Waals surface area contributed by atoms with Gasteiger partial charge in [-0.05, 0) is 36.8 Å². The highest BCUT2D eigenvalue weighted by atomic mass is 16.3. The number of benzene rings is 1. The molecule has 1 heterocycles. The molecule has 4 N–H and O–H groups in total. The van der Waals surface area contributed by atoms with Gasteiger partial charge >= 0.3 is 0 Å². The molecule has 5 nitrogen and oxygen atoms in total. The molecule has 144 valence electrons. The molecular weight excluding hydrogens is 328 g/mol. The first-order valence-corrected chi connectivity index (χ1v) is 10.1. The summed E-state index contributed by atoms with van der Waals surface area (Å²) in [5, 5.41) is 26.3. The molecular formula is C21H32N2O3. The van der Waals surface area contributed by atoms with Crippen LogP contribution in [0.15, 0.2) is 30.3 Å². The third-order valence-corrected chi connectivity index (χ3v) is 6.12. The number of rotatable bonds is 6. The quantitative estimate of drug-likeness (QED) is 0.627. The summed E-state index contributed by atoms with van der Waals surface area (Å²) in [6.07, 6.45) is 7.67. The smallest absolute Gasteiger partial charge is 0.237 e. The molecule has 26 heavy (non-hydrogen) atoms. The largest absolute Gasteiger partial charge is 0.394 e. The summed E-state index contributed by atoms with van der Waals surface area (Å²) in [6.45, 7) is 0.574. The molecule has 0 bridgehead atoms. The predicted octanol–water partition coefficient (Wildman–Crippen LogP) is 2.15. The van der Waals surface area contributed by atoms with E-state index < -0.39 is 12.1 Å². The van der Waals surface area contributed by atoms with Gasteiger partial charge in [-0.3, -0.25) is 4.79 Å². The molecule has 0 spiro atoms. The Kier molecular flexibility index (Phi) is 7.06. The van der Waals surface area contributed by atoms with E-state index in [1.165, 1.54) is 32.1 Å². The third kappa shape index (κ3) is 4.84. The van der Waals surface area contributed by atoms with Gasteiger partial charge in [-0.2, -0.15) is 0 Å². The van der Waals surface area contributed by atoms with Gasteiger partial charge in [-0.25, -0.2) is 0 Å². The maximum Gasteiger partial charge on any atom is 0.237 e. The van der Waals surface area contributed by atoms with E-state index in [-0.39, 0.29) is 18.6 Å². The Balaban J connectivity index is 1.57. The van der Waals surface area contributed by atoms with Crippen LogP contribution in [0.25, 0.3) is 0 Å². The minimum absolute atomic E-state index is 0.112. The lowest BCUT2D eigenvalue weighted by Gasteiger charge is -2.37. The third-order valence-electron chi connectivity index (χ3n) is 6.12. The highest BCUT2D eigenvalue weighted by Crippen LogP contribution is 2.35. The normalized spacial score (nSPS) is 26.8. The molecule has 3 rings (SSSR count). The Morgan fingerprint density at radius 3 is 2.54 bits per heavy atom. The van der Waals surface area contributed by atoms with Crippen LogP contribution in [0.4, 0.5) is 0 Å². The highest BCUT2D eigenvalue weighted by Gasteiger charge is 2.33. The summed E-state index contributed by atoms with van der Waals surface area (Å²) in [5.74, 6) is 1.25. The Hall–Kier alpha value is -1.43. The lowest BCUT2D eigenvalue weighted by molar-refractivity contribution is -0.126. The number of aliphatic hydroxyl groups excluding tert-OH is 2. The van der Waals surface area contributed by atoms with E-state index in [9.17, 15) is 15.0 Å². The van der Waals surface area contributed by atoms with Crippen molar-refractivity contribution < 1.29 is 15.0 Å². The number of amides is 1. The van der Waals surface area contributed by atoms with Crippen LogP contribution in [0.3, 0.4) is 0 Å². The minimum Gasteiger partial charge on any atom is -0.394 e. The lowest BCUT2D eigenvalue weighted by atomic mass is 9.74. The summed E-state index contributed by atoms with van der Waals surface area (Å²) < 4.78 is 0. The molecule has 1 amide bonds. The van der Waals surface area contributed by atoms with Gasteiger partial charge in [-0.15, -0.1) is 0 Å². The first kappa shape index (κ1) is 19.3. The molecule has 1 aromatic rings. The molecule has 0 radical (unpaired) electrons. The molecule has 0 aromatic heterocycles. The van der Waals surface area contributed by atoms with Crippen LogP contribution < -0.4 is 10.6 Å². The first-order valence-electron chi connectivity index (χ1n) is 10.1. The van der Waals surface area contributed by atoms with E-state index in [0.29, 0.717) is 11.5 Å². The maximum atomic E-state index is 12.7. The van der Waals surface area contributed by atoms with Crippen LogP contribution >= 0.6 is 0 Å². The fourth-order valence-electron chi connectivity index (χ4n) is 4.57. The summed E-state index contributed by atoms with van der Waals surface area (Å²) in [7, 11) is 0. The van der Waals surface area contributed by atoms with E-state index in [2.05, 4.69) is 10.6 Å². The topological polar surface area (TPSA) is 81.6 Å². The van der Waals surface area contributed by atoms with Crippen molar-refractivity contribution in [3.8, 4) is 0 Å². The maximum absolute atomic E-state index is 12.7. The number of carbonyl (C=O) groups excluding carboxylic acids is 1. The SMILES string of the molecule is O=C(N[C@@H](CO)[C@@H](O)c1ccccc1)[C@@H]1C[C@H](C2CCCCC2)CCN1. The molecule has 1 saturated carbocycles. The Morgan fingerprint density at radius 2 is 1.85 bits per heavy atom. The molecule has 5 heteroatoms. The van der Waals surface area contributed by atoms with Crippen LogP contribution in [-0.2, 0) is 4.79 Å². The van der Waals surface area contributed by atoms with Crippen LogP contribution in [-0.4, -0.2) is 41.4 Å². The fraction of sp³-hybridized carbons (Fsp3) is 0.667. The predicted molar refractivity (Wildman–Crippen MR) is 102 cm³/mol. The van der Waals surface area contributed by atoms with Crippen LogP contribution in [0.2, 0.25) is 0 Å². The van der Waals surface area contributed by atoms with Crippen LogP contribution in [0.1, 0.15) is 56.6 Å². The second-order valence-electron chi connectivity index (χ2n) is 7.84. The highest BCUT2D eigenvalue weighted by molar-refractivity contribution is 5.82. The number of hydrogen-bond acceptors (Lipinski definition) is 4. The number of piperidine rings is 1. The molecule has 2 aliphatic rings. The lowest BCUT2D eigenvalue weighted by Crippen LogP contribution is -2.53. The summed E-state index contributed by atoms with van der Waals surface area (Å²) in [4.78, 5) is 12.7. The van der Waals surface area contributed by atoms with Crippen molar-refractivity contribution in [2.45, 2.75) is 63.1 Å². The van der Waals surface area contributed by atoms with Crippen molar-refractivity contribution in [2.75, 3.05) is 13.2 Å². The van der Waals surface area contributed by atoms with Gasteiger partial charge in [0.05, 0.1) is 18.7 Å². The van der Waals surface area contributed by atoms with Gasteiger partial charge < -0.3 is 20.8 Å². The Morgan fingerprint density at radius 1 is 1.12 bits per heavy atom. The Labute approximate surface area is 156 Å². The zero-order valence-corrected chi connectivity index (χ0v) is 15.4. The van der Waals surface area contributed by atoms with Crippen molar-refractivity contribution in [2.24, 2.45) is 11.8 Å². The van der Waals surface area contributed by atoms with Gasteiger partial charge in [0.25, 0.3) is 0 Å². The van der Waals surface area contributed by atoms with Crippen LogP contribution in [0, 0.1) is 11.8 Å². The van der Waals surface area contributed by atoms with Crippen molar-refractivity contribution in [3.63, 3.8) is 0 Å². The molecule has 1 aromatic carbocycles. The van der Waals surface area contributed by atoms with E-state index in [0.717, 1.165) is 25.3 Å². The number of aliphatic hydroxyl groups is 2. The van der Waals surface area contributed by atoms with Crippen molar-refractivity contribution in [3.05, 3.63) is 35.9 Å². The van der Waals surface area contributed by atoms with E-state index in [1.54, 1.807) is 12.1 Å². The number of nitrogens with one attached hydrogen (secondary N) is 2. The zero-order valence-electron chi connectivity index (χ0n) is 15.4. The Bertz CT molecular complexity index is 560. The van der Waals surface area contributed by atoms with E-state index >= 15 is 0 Å². The standard InChI is InChI=1S/C21H32N2O3/c24-14-19(20(25)16-9-5-2-6-10-16)23-21(26)18-13-17(11-12-22-18)15-7-3-1-4-8-15/h2,5-6,9-10,15,17-20,22,24-25H,1,3-4,7-8,11-14H2,(H,23,26)/t17-,18+,19+,20+/m1/s1. The minimum atomic E-state index is -0.914. The fourth-order valence-corrected chi connectivity index (χ4v) is 4.57. The number of hydrogen-bond donors (Lipinski definition) is 4. The zero-order chi connectivity index (χ0) is 18.4. The average Bonchev–Trinajstić information content (AvgIpc) is 2.72.